The van der Waals surface area contributed by atoms with E-state index in [4.69, 9.17) is 5.11 Å². The Labute approximate surface area is 117 Å². The zero-order valence-corrected chi connectivity index (χ0v) is 12.0. The van der Waals surface area contributed by atoms with Crippen molar-refractivity contribution in [3.05, 3.63) is 11.8 Å². The van der Waals surface area contributed by atoms with Gasteiger partial charge < -0.3 is 5.11 Å². The monoisotopic (exact) mass is 302 g/mol. The Balaban J connectivity index is 2.12. The number of carbonyl (C=O) groups is 1. The summed E-state index contributed by atoms with van der Waals surface area (Å²) in [6.45, 7) is 2.22. The fourth-order valence-corrected chi connectivity index (χ4v) is 3.53. The minimum atomic E-state index is -3.76. The molecular weight excluding hydrogens is 284 g/mol. The first-order chi connectivity index (χ1) is 9.44. The molecule has 1 aromatic heterocycles. The van der Waals surface area contributed by atoms with Crippen LogP contribution in [0.1, 0.15) is 25.3 Å². The van der Waals surface area contributed by atoms with Gasteiger partial charge in [0.25, 0.3) is 0 Å². The van der Waals surface area contributed by atoms with Gasteiger partial charge in [-0.15, -0.1) is 0 Å². The van der Waals surface area contributed by atoms with E-state index < -0.39 is 22.1 Å². The Morgan fingerprint density at radius 3 is 3.05 bits per heavy atom. The first kappa shape index (κ1) is 14.8. The second-order valence-electron chi connectivity index (χ2n) is 4.77. The normalized spacial score (nSPS) is 20.8. The number of aromatic amines is 1. The summed E-state index contributed by atoms with van der Waals surface area (Å²) >= 11 is 0. The van der Waals surface area contributed by atoms with Crippen molar-refractivity contribution in [2.24, 2.45) is 5.92 Å². The molecule has 2 rings (SSSR count). The average molecular weight is 302 g/mol. The Hall–Kier alpha value is -1.61. The lowest BCUT2D eigenvalue weighted by atomic mass is 10.0. The first-order valence-electron chi connectivity index (χ1n) is 6.47. The van der Waals surface area contributed by atoms with Gasteiger partial charge in [0.05, 0.1) is 12.1 Å². The van der Waals surface area contributed by atoms with Crippen molar-refractivity contribution >= 4 is 22.0 Å². The molecule has 1 fully saturated rings. The van der Waals surface area contributed by atoms with Crippen LogP contribution in [0.25, 0.3) is 0 Å². The van der Waals surface area contributed by atoms with E-state index in [0.717, 1.165) is 5.56 Å². The first-order valence-corrected chi connectivity index (χ1v) is 7.91. The molecule has 1 aromatic rings. The highest BCUT2D eigenvalue weighted by Gasteiger charge is 2.32. The summed E-state index contributed by atoms with van der Waals surface area (Å²) in [5.41, 5.74) is 0.764. The maximum absolute atomic E-state index is 12.3. The minimum absolute atomic E-state index is 0.000260. The number of carboxylic acid groups (broad SMARTS) is 1. The van der Waals surface area contributed by atoms with E-state index >= 15 is 0 Å². The van der Waals surface area contributed by atoms with Crippen molar-refractivity contribution in [2.45, 2.75) is 26.2 Å². The molecule has 0 spiro atoms. The van der Waals surface area contributed by atoms with Crippen molar-refractivity contribution in [2.75, 3.05) is 17.8 Å². The standard InChI is InChI=1S/C11H18N4O4S/c1-2-8-6-12-13-10(8)14-20(18,19)15-5-3-4-9(7-15)11(16)17/h6,9H,2-5,7H2,1H3,(H,16,17)(H2,12,13,14). The van der Waals surface area contributed by atoms with Crippen LogP contribution in [0.4, 0.5) is 5.82 Å². The molecule has 20 heavy (non-hydrogen) atoms. The largest absolute Gasteiger partial charge is 0.481 e. The van der Waals surface area contributed by atoms with Crippen molar-refractivity contribution in [3.8, 4) is 0 Å². The van der Waals surface area contributed by atoms with Gasteiger partial charge in [-0.1, -0.05) is 6.92 Å². The molecular formula is C11H18N4O4S. The van der Waals surface area contributed by atoms with E-state index in [1.165, 1.54) is 4.31 Å². The zero-order chi connectivity index (χ0) is 14.8. The maximum atomic E-state index is 12.3. The molecule has 0 aromatic carbocycles. The van der Waals surface area contributed by atoms with Crippen LogP contribution < -0.4 is 4.72 Å². The molecule has 112 valence electrons. The fourth-order valence-electron chi connectivity index (χ4n) is 2.22. The number of anilines is 1. The summed E-state index contributed by atoms with van der Waals surface area (Å²) in [4.78, 5) is 11.0. The van der Waals surface area contributed by atoms with E-state index in [2.05, 4.69) is 14.9 Å². The van der Waals surface area contributed by atoms with Gasteiger partial charge in [0.2, 0.25) is 0 Å². The number of hydrogen-bond donors (Lipinski definition) is 3. The van der Waals surface area contributed by atoms with Crippen LogP contribution >= 0.6 is 0 Å². The molecule has 0 aliphatic carbocycles. The van der Waals surface area contributed by atoms with Gasteiger partial charge in [-0.25, -0.2) is 0 Å². The molecule has 2 heterocycles. The third-order valence-corrected chi connectivity index (χ3v) is 4.88. The average Bonchev–Trinajstić information content (AvgIpc) is 2.85. The highest BCUT2D eigenvalue weighted by Crippen LogP contribution is 2.21. The molecule has 0 amide bonds. The van der Waals surface area contributed by atoms with E-state index in [1.807, 2.05) is 6.92 Å². The van der Waals surface area contributed by atoms with Gasteiger partial charge in [0.15, 0.2) is 0 Å². The van der Waals surface area contributed by atoms with E-state index in [1.54, 1.807) is 6.20 Å². The van der Waals surface area contributed by atoms with Crippen LogP contribution in [-0.2, 0) is 21.4 Å². The molecule has 9 heteroatoms. The predicted octanol–water partition coefficient (Wildman–Crippen LogP) is 0.425. The molecule has 1 atom stereocenters. The number of carboxylic acids is 1. The summed E-state index contributed by atoms with van der Waals surface area (Å²) in [5, 5.41) is 15.4. The van der Waals surface area contributed by atoms with Gasteiger partial charge in [-0.05, 0) is 19.3 Å². The Morgan fingerprint density at radius 1 is 1.65 bits per heavy atom. The summed E-state index contributed by atoms with van der Waals surface area (Å²) < 4.78 is 28.1. The molecule has 0 radical (unpaired) electrons. The number of aromatic nitrogens is 2. The molecule has 1 saturated heterocycles. The predicted molar refractivity (Wildman–Crippen MR) is 72.4 cm³/mol. The summed E-state index contributed by atoms with van der Waals surface area (Å²) in [6, 6.07) is 0. The van der Waals surface area contributed by atoms with Crippen LogP contribution in [0.2, 0.25) is 0 Å². The van der Waals surface area contributed by atoms with E-state index in [0.29, 0.717) is 31.6 Å². The lowest BCUT2D eigenvalue weighted by molar-refractivity contribution is -0.142. The van der Waals surface area contributed by atoms with Crippen molar-refractivity contribution in [1.82, 2.24) is 14.5 Å². The quantitative estimate of drug-likeness (QED) is 0.729. The number of aliphatic carboxylic acids is 1. The van der Waals surface area contributed by atoms with Gasteiger partial charge in [0, 0.05) is 18.7 Å². The molecule has 0 saturated carbocycles. The van der Waals surface area contributed by atoms with Crippen LogP contribution in [0, 0.1) is 5.92 Å². The number of piperidine rings is 1. The third-order valence-electron chi connectivity index (χ3n) is 3.40. The van der Waals surface area contributed by atoms with Gasteiger partial charge in [-0.2, -0.15) is 17.8 Å². The van der Waals surface area contributed by atoms with Crippen LogP contribution in [0.5, 0.6) is 0 Å². The topological polar surface area (TPSA) is 115 Å². The number of rotatable bonds is 5. The number of nitrogens with zero attached hydrogens (tertiary/aromatic N) is 2. The van der Waals surface area contributed by atoms with Crippen LogP contribution in [0.3, 0.4) is 0 Å². The lowest BCUT2D eigenvalue weighted by Gasteiger charge is -2.29. The SMILES string of the molecule is CCc1cn[nH]c1NS(=O)(=O)N1CCCC(C(=O)O)C1. The van der Waals surface area contributed by atoms with E-state index in [9.17, 15) is 13.2 Å². The van der Waals surface area contributed by atoms with E-state index in [-0.39, 0.29) is 6.54 Å². The summed E-state index contributed by atoms with van der Waals surface area (Å²) in [5.74, 6) is -1.27. The van der Waals surface area contributed by atoms with Crippen molar-refractivity contribution < 1.29 is 18.3 Å². The molecule has 8 nitrogen and oxygen atoms in total. The highest BCUT2D eigenvalue weighted by atomic mass is 32.2. The van der Waals surface area contributed by atoms with Gasteiger partial charge in [-0.3, -0.25) is 14.6 Å². The van der Waals surface area contributed by atoms with Crippen molar-refractivity contribution in [3.63, 3.8) is 0 Å². The van der Waals surface area contributed by atoms with Crippen molar-refractivity contribution in [1.29, 1.82) is 0 Å². The smallest absolute Gasteiger partial charge is 0.307 e. The van der Waals surface area contributed by atoms with Crippen LogP contribution in [0.15, 0.2) is 6.20 Å². The Bertz CT molecular complexity index is 583. The molecule has 1 aliphatic rings. The fraction of sp³-hybridized carbons (Fsp3) is 0.636. The highest BCUT2D eigenvalue weighted by molar-refractivity contribution is 7.90. The lowest BCUT2D eigenvalue weighted by Crippen LogP contribution is -2.44. The number of aryl methyl sites for hydroxylation is 1. The minimum Gasteiger partial charge on any atom is -0.481 e. The molecule has 1 unspecified atom stereocenters. The Morgan fingerprint density at radius 2 is 2.40 bits per heavy atom. The second-order valence-corrected chi connectivity index (χ2v) is 6.44. The molecule has 3 N–H and O–H groups in total. The number of nitrogens with one attached hydrogen (secondary N) is 2. The summed E-state index contributed by atoms with van der Waals surface area (Å²) in [7, 11) is -3.76. The second kappa shape index (κ2) is 5.80. The summed E-state index contributed by atoms with van der Waals surface area (Å²) in [6.07, 6.45) is 3.26. The van der Waals surface area contributed by atoms with Gasteiger partial charge in [0.1, 0.15) is 5.82 Å². The number of hydrogen-bond acceptors (Lipinski definition) is 4. The maximum Gasteiger partial charge on any atom is 0.307 e. The third kappa shape index (κ3) is 3.10. The zero-order valence-electron chi connectivity index (χ0n) is 11.2. The van der Waals surface area contributed by atoms with Gasteiger partial charge >= 0.3 is 16.2 Å². The van der Waals surface area contributed by atoms with Crippen LogP contribution in [-0.4, -0.2) is 47.1 Å². The number of H-pyrrole nitrogens is 1. The Kier molecular flexibility index (Phi) is 4.29. The molecule has 1 aliphatic heterocycles. The molecule has 0 bridgehead atoms.